The van der Waals surface area contributed by atoms with Gasteiger partial charge >= 0.3 is 0 Å². The number of ether oxygens (including phenoxy) is 1. The van der Waals surface area contributed by atoms with Crippen LogP contribution in [0.2, 0.25) is 0 Å². The van der Waals surface area contributed by atoms with Crippen molar-refractivity contribution >= 4 is 17.5 Å². The molecule has 3 aromatic carbocycles. The highest BCUT2D eigenvalue weighted by atomic mass is 19.1. The van der Waals surface area contributed by atoms with E-state index < -0.39 is 6.04 Å². The summed E-state index contributed by atoms with van der Waals surface area (Å²) in [6, 6.07) is 19.2. The number of halogens is 1. The van der Waals surface area contributed by atoms with Crippen molar-refractivity contribution in [1.82, 2.24) is 4.90 Å². The van der Waals surface area contributed by atoms with Gasteiger partial charge in [0.05, 0.1) is 6.04 Å². The largest absolute Gasteiger partial charge is 0.484 e. The molecule has 0 fully saturated rings. The van der Waals surface area contributed by atoms with Crippen molar-refractivity contribution in [3.8, 4) is 5.75 Å². The van der Waals surface area contributed by atoms with E-state index in [0.29, 0.717) is 30.8 Å². The number of hydrogen-bond donors (Lipinski definition) is 1. The first-order chi connectivity index (χ1) is 16.8. The van der Waals surface area contributed by atoms with Gasteiger partial charge in [-0.25, -0.2) is 4.39 Å². The number of carbonyl (C=O) groups excluding carboxylic acids is 2. The van der Waals surface area contributed by atoms with Crippen LogP contribution in [0.15, 0.2) is 66.7 Å². The summed E-state index contributed by atoms with van der Waals surface area (Å²) in [6.07, 6.45) is 1.13. The maximum Gasteiger partial charge on any atom is 0.262 e. The Morgan fingerprint density at radius 2 is 1.86 bits per heavy atom. The van der Waals surface area contributed by atoms with E-state index in [2.05, 4.69) is 5.32 Å². The van der Waals surface area contributed by atoms with Crippen molar-refractivity contribution in [3.05, 3.63) is 94.8 Å². The number of amides is 2. The van der Waals surface area contributed by atoms with Crippen LogP contribution in [0.5, 0.6) is 5.75 Å². The van der Waals surface area contributed by atoms with Gasteiger partial charge in [0.1, 0.15) is 11.6 Å². The normalized spacial score (nSPS) is 15.0. The van der Waals surface area contributed by atoms with Gasteiger partial charge in [-0.05, 0) is 72.4 Å². The van der Waals surface area contributed by atoms with Gasteiger partial charge in [-0.2, -0.15) is 0 Å². The molecule has 0 aromatic heterocycles. The number of aryl methyl sites for hydroxylation is 1. The second-order valence-corrected chi connectivity index (χ2v) is 9.46. The molecule has 0 saturated carbocycles. The van der Waals surface area contributed by atoms with E-state index in [1.165, 1.54) is 12.1 Å². The number of nitrogens with one attached hydrogen (secondary N) is 1. The summed E-state index contributed by atoms with van der Waals surface area (Å²) < 4.78 is 20.0. The van der Waals surface area contributed by atoms with E-state index >= 15 is 0 Å². The minimum absolute atomic E-state index is 0.0451. The highest BCUT2D eigenvalue weighted by Gasteiger charge is 2.32. The minimum atomic E-state index is -0.411. The summed E-state index contributed by atoms with van der Waals surface area (Å²) >= 11 is 0. The van der Waals surface area contributed by atoms with Gasteiger partial charge < -0.3 is 15.0 Å². The predicted molar refractivity (Wildman–Crippen MR) is 135 cm³/mol. The van der Waals surface area contributed by atoms with Gasteiger partial charge in [0.15, 0.2) is 6.61 Å². The third-order valence-corrected chi connectivity index (χ3v) is 6.12. The van der Waals surface area contributed by atoms with Crippen LogP contribution in [-0.2, 0) is 16.0 Å². The number of anilines is 1. The molecule has 1 aliphatic heterocycles. The SMILES string of the molecule is Cc1ccc(NC(=O)COc2ccc3c(c2)[C@H](c2cccc(F)c2)N(C(=O)CC(C)C)CC3)cc1. The number of nitrogens with zero attached hydrogens (tertiary/aromatic N) is 1. The van der Waals surface area contributed by atoms with E-state index in [-0.39, 0.29) is 30.2 Å². The smallest absolute Gasteiger partial charge is 0.262 e. The van der Waals surface area contributed by atoms with Gasteiger partial charge in [0.25, 0.3) is 5.91 Å². The Morgan fingerprint density at radius 3 is 2.57 bits per heavy atom. The average Bonchev–Trinajstić information content (AvgIpc) is 2.83. The van der Waals surface area contributed by atoms with Crippen molar-refractivity contribution in [2.24, 2.45) is 5.92 Å². The third kappa shape index (κ3) is 6.07. The van der Waals surface area contributed by atoms with Crippen LogP contribution < -0.4 is 10.1 Å². The molecule has 0 aliphatic carbocycles. The fourth-order valence-corrected chi connectivity index (χ4v) is 4.44. The second-order valence-electron chi connectivity index (χ2n) is 9.46. The summed E-state index contributed by atoms with van der Waals surface area (Å²) in [5.41, 5.74) is 4.53. The van der Waals surface area contributed by atoms with Gasteiger partial charge in [-0.15, -0.1) is 0 Å². The van der Waals surface area contributed by atoms with Crippen LogP contribution >= 0.6 is 0 Å². The highest BCUT2D eigenvalue weighted by Crippen LogP contribution is 2.38. The molecule has 0 saturated heterocycles. The third-order valence-electron chi connectivity index (χ3n) is 6.12. The topological polar surface area (TPSA) is 58.6 Å². The molecule has 5 nitrogen and oxygen atoms in total. The summed E-state index contributed by atoms with van der Waals surface area (Å²) in [5, 5.41) is 2.82. The Labute approximate surface area is 205 Å². The van der Waals surface area contributed by atoms with Crippen molar-refractivity contribution in [3.63, 3.8) is 0 Å². The average molecular weight is 475 g/mol. The first-order valence-electron chi connectivity index (χ1n) is 12.0. The number of carbonyl (C=O) groups is 2. The molecule has 0 unspecified atom stereocenters. The van der Waals surface area contributed by atoms with Gasteiger partial charge in [0, 0.05) is 18.7 Å². The van der Waals surface area contributed by atoms with Crippen LogP contribution in [0.3, 0.4) is 0 Å². The minimum Gasteiger partial charge on any atom is -0.484 e. The molecule has 0 spiro atoms. The Bertz CT molecular complexity index is 1210. The Balaban J connectivity index is 1.57. The summed E-state index contributed by atoms with van der Waals surface area (Å²) in [6.45, 7) is 6.44. The standard InChI is InChI=1S/C29H31FN2O3/c1-19(2)15-28(34)32-14-13-21-9-12-25(17-26(21)29(32)22-5-4-6-23(30)16-22)35-18-27(33)31-24-10-7-20(3)8-11-24/h4-12,16-17,19,29H,13-15,18H2,1-3H3,(H,31,33)/t29-/m0/s1. The van der Waals surface area contributed by atoms with Gasteiger partial charge in [-0.3, -0.25) is 9.59 Å². The lowest BCUT2D eigenvalue weighted by Gasteiger charge is -2.38. The molecule has 35 heavy (non-hydrogen) atoms. The van der Waals surface area contributed by atoms with E-state index in [0.717, 1.165) is 22.3 Å². The lowest BCUT2D eigenvalue weighted by atomic mass is 9.87. The molecule has 182 valence electrons. The molecule has 1 aliphatic rings. The fourth-order valence-electron chi connectivity index (χ4n) is 4.44. The predicted octanol–water partition coefficient (Wildman–Crippen LogP) is 5.67. The Hall–Kier alpha value is -3.67. The summed E-state index contributed by atoms with van der Waals surface area (Å²) in [5.74, 6) is 0.192. The number of hydrogen-bond acceptors (Lipinski definition) is 3. The molecule has 3 aromatic rings. The molecular formula is C29H31FN2O3. The van der Waals surface area contributed by atoms with Crippen molar-refractivity contribution in [2.75, 3.05) is 18.5 Å². The van der Waals surface area contributed by atoms with E-state index in [1.54, 1.807) is 6.07 Å². The van der Waals surface area contributed by atoms with E-state index in [9.17, 15) is 14.0 Å². The molecule has 1 heterocycles. The number of rotatable bonds is 7. The van der Waals surface area contributed by atoms with Crippen LogP contribution in [0.25, 0.3) is 0 Å². The molecule has 2 amide bonds. The zero-order valence-electron chi connectivity index (χ0n) is 20.4. The lowest BCUT2D eigenvalue weighted by Crippen LogP contribution is -2.41. The van der Waals surface area contributed by atoms with Crippen LogP contribution in [0.4, 0.5) is 10.1 Å². The second kappa shape index (κ2) is 10.7. The van der Waals surface area contributed by atoms with Crippen LogP contribution in [-0.4, -0.2) is 29.9 Å². The molecule has 6 heteroatoms. The van der Waals surface area contributed by atoms with Crippen LogP contribution in [0, 0.1) is 18.7 Å². The molecule has 1 N–H and O–H groups in total. The number of benzene rings is 3. The lowest BCUT2D eigenvalue weighted by molar-refractivity contribution is -0.134. The van der Waals surface area contributed by atoms with E-state index in [1.807, 2.05) is 74.2 Å². The van der Waals surface area contributed by atoms with Crippen molar-refractivity contribution in [1.29, 1.82) is 0 Å². The van der Waals surface area contributed by atoms with Crippen molar-refractivity contribution < 1.29 is 18.7 Å². The molecule has 0 radical (unpaired) electrons. The summed E-state index contributed by atoms with van der Waals surface area (Å²) in [7, 11) is 0. The molecule has 4 rings (SSSR count). The molecule has 0 bridgehead atoms. The molecular weight excluding hydrogens is 443 g/mol. The highest BCUT2D eigenvalue weighted by molar-refractivity contribution is 5.91. The maximum absolute atomic E-state index is 14.2. The Kier molecular flexibility index (Phi) is 7.49. The van der Waals surface area contributed by atoms with Gasteiger partial charge in [-0.1, -0.05) is 49.7 Å². The number of fused-ring (bicyclic) bond motifs is 1. The monoisotopic (exact) mass is 474 g/mol. The summed E-state index contributed by atoms with van der Waals surface area (Å²) in [4.78, 5) is 27.4. The van der Waals surface area contributed by atoms with Crippen molar-refractivity contribution in [2.45, 2.75) is 39.7 Å². The zero-order chi connectivity index (χ0) is 24.9. The Morgan fingerprint density at radius 1 is 1.09 bits per heavy atom. The first-order valence-corrected chi connectivity index (χ1v) is 12.0. The zero-order valence-corrected chi connectivity index (χ0v) is 20.4. The first kappa shape index (κ1) is 24.5. The van der Waals surface area contributed by atoms with E-state index in [4.69, 9.17) is 4.74 Å². The molecule has 1 atom stereocenters. The van der Waals surface area contributed by atoms with Gasteiger partial charge in [0.2, 0.25) is 5.91 Å². The quantitative estimate of drug-likeness (QED) is 0.480. The maximum atomic E-state index is 14.2. The van der Waals surface area contributed by atoms with Crippen LogP contribution in [0.1, 0.15) is 48.6 Å². The fraction of sp³-hybridized carbons (Fsp3) is 0.310.